The summed E-state index contributed by atoms with van der Waals surface area (Å²) in [5, 5.41) is 7.56. The van der Waals surface area contributed by atoms with Crippen LogP contribution in [0, 0.1) is 17.3 Å². The van der Waals surface area contributed by atoms with Gasteiger partial charge in [0.2, 0.25) is 0 Å². The van der Waals surface area contributed by atoms with E-state index in [-0.39, 0.29) is 0 Å². The molecule has 0 aromatic rings. The molecule has 0 heterocycles. The van der Waals surface area contributed by atoms with E-state index in [4.69, 9.17) is 16.7 Å². The minimum atomic E-state index is -4.60. The highest BCUT2D eigenvalue weighted by atomic mass is 35.5. The lowest BCUT2D eigenvalue weighted by Gasteiger charge is -2.48. The van der Waals surface area contributed by atoms with Crippen molar-refractivity contribution < 1.29 is 23.1 Å². The van der Waals surface area contributed by atoms with E-state index >= 15 is 0 Å². The predicted octanol–water partition coefficient (Wildman–Crippen LogP) is 3.42. The molecule has 1 aliphatic rings. The quantitative estimate of drug-likeness (QED) is 0.822. The fraction of sp³-hybridized carbons (Fsp3) is 0.700. The van der Waals surface area contributed by atoms with E-state index in [9.17, 15) is 18.0 Å². The van der Waals surface area contributed by atoms with Crippen molar-refractivity contribution in [2.24, 2.45) is 17.3 Å². The Kier molecular flexibility index (Phi) is 3.29. The van der Waals surface area contributed by atoms with Gasteiger partial charge in [0.15, 0.2) is 0 Å². The minimum absolute atomic E-state index is 0.367. The van der Waals surface area contributed by atoms with Crippen LogP contribution in [0.4, 0.5) is 13.2 Å². The number of aliphatic carboxylic acids is 1. The molecule has 16 heavy (non-hydrogen) atoms. The SMILES string of the molecule is CC1(C)CC(C(=O)O)C1C=C(Cl)C(F)(F)F. The summed E-state index contributed by atoms with van der Waals surface area (Å²) in [6.07, 6.45) is -3.41. The molecule has 2 atom stereocenters. The van der Waals surface area contributed by atoms with Crippen molar-refractivity contribution in [1.29, 1.82) is 0 Å². The summed E-state index contributed by atoms with van der Waals surface area (Å²) in [6.45, 7) is 3.46. The second kappa shape index (κ2) is 3.95. The van der Waals surface area contributed by atoms with Gasteiger partial charge in [-0.25, -0.2) is 0 Å². The van der Waals surface area contributed by atoms with E-state index in [2.05, 4.69) is 0 Å². The Labute approximate surface area is 96.1 Å². The average Bonchev–Trinajstić information content (AvgIpc) is 2.08. The van der Waals surface area contributed by atoms with Crippen LogP contribution in [0.1, 0.15) is 20.3 Å². The zero-order valence-electron chi connectivity index (χ0n) is 8.81. The molecule has 0 saturated heterocycles. The van der Waals surface area contributed by atoms with Crippen molar-refractivity contribution in [3.8, 4) is 0 Å². The van der Waals surface area contributed by atoms with Crippen LogP contribution < -0.4 is 0 Å². The number of rotatable bonds is 2. The standard InChI is InChI=1S/C10H12ClF3O2/c1-9(2)4-5(8(15)16)6(9)3-7(11)10(12,13)14/h3,5-6H,4H2,1-2H3,(H,15,16). The van der Waals surface area contributed by atoms with E-state index in [0.717, 1.165) is 6.08 Å². The number of hydrogen-bond donors (Lipinski definition) is 1. The van der Waals surface area contributed by atoms with Crippen LogP contribution >= 0.6 is 11.6 Å². The topological polar surface area (TPSA) is 37.3 Å². The Hall–Kier alpha value is -0.710. The predicted molar refractivity (Wildman–Crippen MR) is 53.0 cm³/mol. The lowest BCUT2D eigenvalue weighted by molar-refractivity contribution is -0.153. The van der Waals surface area contributed by atoms with Crippen LogP contribution in [0.15, 0.2) is 11.1 Å². The molecule has 0 spiro atoms. The summed E-state index contributed by atoms with van der Waals surface area (Å²) < 4.78 is 36.6. The molecule has 1 saturated carbocycles. The second-order valence-electron chi connectivity index (χ2n) is 4.68. The van der Waals surface area contributed by atoms with E-state index in [0.29, 0.717) is 6.42 Å². The number of hydrogen-bond acceptors (Lipinski definition) is 1. The minimum Gasteiger partial charge on any atom is -0.481 e. The number of allylic oxidation sites excluding steroid dienone is 2. The molecule has 1 fully saturated rings. The van der Waals surface area contributed by atoms with E-state index < -0.39 is 34.4 Å². The van der Waals surface area contributed by atoms with Gasteiger partial charge in [-0.1, -0.05) is 31.5 Å². The molecule has 2 unspecified atom stereocenters. The lowest BCUT2D eigenvalue weighted by atomic mass is 9.55. The third-order valence-corrected chi connectivity index (χ3v) is 3.34. The van der Waals surface area contributed by atoms with Crippen LogP contribution in [-0.4, -0.2) is 17.3 Å². The van der Waals surface area contributed by atoms with E-state index in [1.165, 1.54) is 0 Å². The second-order valence-corrected chi connectivity index (χ2v) is 5.08. The van der Waals surface area contributed by atoms with E-state index in [1.807, 2.05) is 0 Å². The maximum atomic E-state index is 12.2. The fourth-order valence-corrected chi connectivity index (χ4v) is 2.18. The first-order valence-electron chi connectivity index (χ1n) is 4.73. The normalized spacial score (nSPS) is 29.8. The Balaban J connectivity index is 2.90. The molecule has 0 aromatic heterocycles. The highest BCUT2D eigenvalue weighted by Gasteiger charge is 2.50. The highest BCUT2D eigenvalue weighted by Crippen LogP contribution is 2.52. The Morgan fingerprint density at radius 1 is 1.50 bits per heavy atom. The Morgan fingerprint density at radius 2 is 2.00 bits per heavy atom. The van der Waals surface area contributed by atoms with Gasteiger partial charge in [-0.05, 0) is 17.8 Å². The molecular formula is C10H12ClF3O2. The molecule has 0 amide bonds. The summed E-state index contributed by atoms with van der Waals surface area (Å²) >= 11 is 5.10. The van der Waals surface area contributed by atoms with Crippen LogP contribution in [0.5, 0.6) is 0 Å². The molecule has 0 bridgehead atoms. The number of carboxylic acid groups (broad SMARTS) is 1. The van der Waals surface area contributed by atoms with Gasteiger partial charge in [0.1, 0.15) is 5.03 Å². The highest BCUT2D eigenvalue weighted by molar-refractivity contribution is 6.30. The number of carbonyl (C=O) groups is 1. The molecule has 1 N–H and O–H groups in total. The zero-order valence-corrected chi connectivity index (χ0v) is 9.56. The third-order valence-electron chi connectivity index (χ3n) is 3.00. The van der Waals surface area contributed by atoms with Gasteiger partial charge in [0, 0.05) is 0 Å². The first kappa shape index (κ1) is 13.4. The monoisotopic (exact) mass is 256 g/mol. The van der Waals surface area contributed by atoms with Crippen molar-refractivity contribution >= 4 is 17.6 Å². The van der Waals surface area contributed by atoms with Gasteiger partial charge < -0.3 is 5.11 Å². The van der Waals surface area contributed by atoms with Gasteiger partial charge in [-0.3, -0.25) is 4.79 Å². The number of alkyl halides is 3. The lowest BCUT2D eigenvalue weighted by Crippen LogP contribution is -2.47. The summed E-state index contributed by atoms with van der Waals surface area (Å²) in [7, 11) is 0. The van der Waals surface area contributed by atoms with Gasteiger partial charge in [0.25, 0.3) is 0 Å². The molecule has 0 radical (unpaired) electrons. The maximum absolute atomic E-state index is 12.2. The van der Waals surface area contributed by atoms with Gasteiger partial charge in [-0.15, -0.1) is 0 Å². The maximum Gasteiger partial charge on any atom is 0.426 e. The van der Waals surface area contributed by atoms with Crippen molar-refractivity contribution in [3.05, 3.63) is 11.1 Å². The Morgan fingerprint density at radius 3 is 2.31 bits per heavy atom. The van der Waals surface area contributed by atoms with Gasteiger partial charge in [0.05, 0.1) is 5.92 Å². The van der Waals surface area contributed by atoms with Crippen LogP contribution in [-0.2, 0) is 4.79 Å². The molecule has 0 aromatic carbocycles. The summed E-state index contributed by atoms with van der Waals surface area (Å²) in [5.74, 6) is -2.52. The average molecular weight is 257 g/mol. The van der Waals surface area contributed by atoms with Crippen molar-refractivity contribution in [3.63, 3.8) is 0 Å². The summed E-state index contributed by atoms with van der Waals surface area (Å²) in [4.78, 5) is 10.8. The van der Waals surface area contributed by atoms with Gasteiger partial charge >= 0.3 is 12.1 Å². The molecule has 1 aliphatic carbocycles. The third kappa shape index (κ3) is 2.51. The van der Waals surface area contributed by atoms with Crippen LogP contribution in [0.25, 0.3) is 0 Å². The van der Waals surface area contributed by atoms with Crippen LogP contribution in [0.3, 0.4) is 0 Å². The Bertz CT molecular complexity index is 333. The van der Waals surface area contributed by atoms with Gasteiger partial charge in [-0.2, -0.15) is 13.2 Å². The summed E-state index contributed by atoms with van der Waals surface area (Å²) in [5.41, 5.74) is -0.450. The van der Waals surface area contributed by atoms with Crippen LogP contribution in [0.2, 0.25) is 0 Å². The molecule has 6 heteroatoms. The molecule has 1 rings (SSSR count). The zero-order chi connectivity index (χ0) is 12.7. The van der Waals surface area contributed by atoms with E-state index in [1.54, 1.807) is 13.8 Å². The molecule has 92 valence electrons. The first-order valence-corrected chi connectivity index (χ1v) is 5.11. The summed E-state index contributed by atoms with van der Waals surface area (Å²) in [6, 6.07) is 0. The van der Waals surface area contributed by atoms with Crippen molar-refractivity contribution in [2.75, 3.05) is 0 Å². The first-order chi connectivity index (χ1) is 7.05. The van der Waals surface area contributed by atoms with Crippen molar-refractivity contribution in [1.82, 2.24) is 0 Å². The fourth-order valence-electron chi connectivity index (χ4n) is 2.05. The molecule has 0 aliphatic heterocycles. The molecular weight excluding hydrogens is 245 g/mol. The number of carboxylic acids is 1. The number of halogens is 4. The van der Waals surface area contributed by atoms with Crippen molar-refractivity contribution in [2.45, 2.75) is 26.4 Å². The largest absolute Gasteiger partial charge is 0.481 e. The smallest absolute Gasteiger partial charge is 0.426 e. The molecule has 2 nitrogen and oxygen atoms in total.